The van der Waals surface area contributed by atoms with Gasteiger partial charge in [-0.05, 0) is 54.4 Å². The number of halogens is 1. The lowest BCUT2D eigenvalue weighted by Gasteiger charge is -2.33. The number of nitrogens with one attached hydrogen (secondary N) is 1. The quantitative estimate of drug-likeness (QED) is 0.673. The minimum Gasteiger partial charge on any atom is -0.312 e. The average Bonchev–Trinajstić information content (AvgIpc) is 2.90. The Morgan fingerprint density at radius 2 is 2.16 bits per heavy atom. The van der Waals surface area contributed by atoms with Crippen molar-refractivity contribution in [3.05, 3.63) is 50.3 Å². The Labute approximate surface area is 161 Å². The fraction of sp³-hybridized carbons (Fsp3) is 0.400. The van der Waals surface area contributed by atoms with Gasteiger partial charge in [-0.1, -0.05) is 42.8 Å². The molecule has 1 amide bonds. The molecule has 3 rings (SSSR count). The van der Waals surface area contributed by atoms with Gasteiger partial charge < -0.3 is 5.32 Å². The van der Waals surface area contributed by atoms with Crippen LogP contribution in [0.15, 0.2) is 28.7 Å². The van der Waals surface area contributed by atoms with Gasteiger partial charge in [-0.3, -0.25) is 4.79 Å². The number of carbonyl (C=O) groups is 1. The van der Waals surface area contributed by atoms with Crippen LogP contribution < -0.4 is 5.32 Å². The molecule has 5 heteroatoms. The number of carbonyl (C=O) groups excluding carboxylic acids is 1. The van der Waals surface area contributed by atoms with Crippen molar-refractivity contribution in [1.82, 2.24) is 0 Å². The summed E-state index contributed by atoms with van der Waals surface area (Å²) in [5.41, 5.74) is 2.62. The van der Waals surface area contributed by atoms with E-state index in [9.17, 15) is 10.1 Å². The van der Waals surface area contributed by atoms with E-state index in [0.717, 1.165) is 29.3 Å². The van der Waals surface area contributed by atoms with Gasteiger partial charge in [0.1, 0.15) is 11.1 Å². The molecule has 1 aliphatic rings. The van der Waals surface area contributed by atoms with Gasteiger partial charge in [-0.15, -0.1) is 11.3 Å². The second-order valence-corrected chi connectivity index (χ2v) is 9.61. The fourth-order valence-electron chi connectivity index (χ4n) is 3.34. The summed E-state index contributed by atoms with van der Waals surface area (Å²) in [6.07, 6.45) is 3.01. The van der Waals surface area contributed by atoms with Gasteiger partial charge in [0.25, 0.3) is 5.91 Å². The number of hydrogen-bond donors (Lipinski definition) is 1. The molecular weight excluding hydrogens is 396 g/mol. The molecule has 1 aliphatic carbocycles. The van der Waals surface area contributed by atoms with Crippen LogP contribution in [0.5, 0.6) is 0 Å². The molecule has 0 fully saturated rings. The Bertz CT molecular complexity index is 858. The van der Waals surface area contributed by atoms with Crippen molar-refractivity contribution in [2.24, 2.45) is 11.3 Å². The first-order valence-electron chi connectivity index (χ1n) is 8.41. The standard InChI is InChI=1S/C20H21BrN2OS/c1-20(2,3)13-7-8-15-16(11-22)19(25-17(15)10-13)23-18(24)12-5-4-6-14(21)9-12/h4-6,9,13H,7-8,10H2,1-3H3,(H,23,24)/t13-/m1/s1. The van der Waals surface area contributed by atoms with Crippen LogP contribution in [0.4, 0.5) is 5.00 Å². The first-order chi connectivity index (χ1) is 11.8. The highest BCUT2D eigenvalue weighted by atomic mass is 79.9. The summed E-state index contributed by atoms with van der Waals surface area (Å²) in [4.78, 5) is 13.8. The van der Waals surface area contributed by atoms with Crippen molar-refractivity contribution in [3.63, 3.8) is 0 Å². The van der Waals surface area contributed by atoms with Crippen LogP contribution >= 0.6 is 27.3 Å². The van der Waals surface area contributed by atoms with Crippen molar-refractivity contribution in [2.45, 2.75) is 40.0 Å². The molecule has 0 radical (unpaired) electrons. The molecule has 1 heterocycles. The summed E-state index contributed by atoms with van der Waals surface area (Å²) in [6.45, 7) is 6.83. The van der Waals surface area contributed by atoms with E-state index in [-0.39, 0.29) is 11.3 Å². The van der Waals surface area contributed by atoms with Crippen molar-refractivity contribution >= 4 is 38.2 Å². The van der Waals surface area contributed by atoms with Gasteiger partial charge in [0.2, 0.25) is 0 Å². The number of benzene rings is 1. The van der Waals surface area contributed by atoms with E-state index in [1.165, 1.54) is 4.88 Å². The molecule has 1 N–H and O–H groups in total. The molecule has 2 aromatic rings. The van der Waals surface area contributed by atoms with Crippen LogP contribution in [0.2, 0.25) is 0 Å². The van der Waals surface area contributed by atoms with Crippen LogP contribution in [0.25, 0.3) is 0 Å². The average molecular weight is 417 g/mol. The van der Waals surface area contributed by atoms with Crippen molar-refractivity contribution < 1.29 is 4.79 Å². The van der Waals surface area contributed by atoms with Gasteiger partial charge in [-0.2, -0.15) is 5.26 Å². The Morgan fingerprint density at radius 1 is 1.40 bits per heavy atom. The zero-order valence-electron chi connectivity index (χ0n) is 14.6. The zero-order chi connectivity index (χ0) is 18.2. The molecule has 0 aliphatic heterocycles. The molecule has 0 saturated carbocycles. The first-order valence-corrected chi connectivity index (χ1v) is 10.0. The van der Waals surface area contributed by atoms with Crippen molar-refractivity contribution in [2.75, 3.05) is 5.32 Å². The normalized spacial score (nSPS) is 16.8. The lowest BCUT2D eigenvalue weighted by atomic mass is 9.72. The van der Waals surface area contributed by atoms with Gasteiger partial charge in [0, 0.05) is 14.9 Å². The van der Waals surface area contributed by atoms with E-state index >= 15 is 0 Å². The van der Waals surface area contributed by atoms with Gasteiger partial charge >= 0.3 is 0 Å². The predicted molar refractivity (Wildman–Crippen MR) is 106 cm³/mol. The topological polar surface area (TPSA) is 52.9 Å². The maximum Gasteiger partial charge on any atom is 0.256 e. The minimum atomic E-state index is -0.177. The van der Waals surface area contributed by atoms with Gasteiger partial charge in [0.05, 0.1) is 5.56 Å². The van der Waals surface area contributed by atoms with E-state index in [2.05, 4.69) is 48.1 Å². The monoisotopic (exact) mass is 416 g/mol. The highest BCUT2D eigenvalue weighted by Crippen LogP contribution is 2.44. The van der Waals surface area contributed by atoms with Crippen molar-refractivity contribution in [3.8, 4) is 6.07 Å². The molecule has 3 nitrogen and oxygen atoms in total. The molecule has 130 valence electrons. The largest absolute Gasteiger partial charge is 0.312 e. The second kappa shape index (κ2) is 6.93. The Hall–Kier alpha value is -1.64. The van der Waals surface area contributed by atoms with E-state index < -0.39 is 0 Å². The van der Waals surface area contributed by atoms with E-state index in [4.69, 9.17) is 0 Å². The minimum absolute atomic E-state index is 0.177. The molecule has 0 spiro atoms. The summed E-state index contributed by atoms with van der Waals surface area (Å²) < 4.78 is 0.860. The van der Waals surface area contributed by atoms with Crippen LogP contribution in [-0.2, 0) is 12.8 Å². The van der Waals surface area contributed by atoms with Gasteiger partial charge in [-0.25, -0.2) is 0 Å². The molecular formula is C20H21BrN2OS. The number of thiophene rings is 1. The number of anilines is 1. The molecule has 0 bridgehead atoms. The third-order valence-corrected chi connectivity index (χ3v) is 6.58. The maximum absolute atomic E-state index is 12.5. The molecule has 1 aromatic heterocycles. The Morgan fingerprint density at radius 3 is 2.80 bits per heavy atom. The maximum atomic E-state index is 12.5. The molecule has 1 atom stereocenters. The summed E-state index contributed by atoms with van der Waals surface area (Å²) in [7, 11) is 0. The Kier molecular flexibility index (Phi) is 5.04. The first kappa shape index (κ1) is 18.2. The summed E-state index contributed by atoms with van der Waals surface area (Å²) in [5.74, 6) is 0.433. The summed E-state index contributed by atoms with van der Waals surface area (Å²) >= 11 is 4.95. The second-order valence-electron chi connectivity index (χ2n) is 7.59. The third kappa shape index (κ3) is 3.80. The van der Waals surface area contributed by atoms with Crippen LogP contribution in [-0.4, -0.2) is 5.91 Å². The summed E-state index contributed by atoms with van der Waals surface area (Å²) in [6, 6.07) is 9.58. The van der Waals surface area contributed by atoms with Crippen LogP contribution in [0, 0.1) is 22.7 Å². The smallest absolute Gasteiger partial charge is 0.256 e. The highest BCUT2D eigenvalue weighted by Gasteiger charge is 2.32. The number of hydrogen-bond acceptors (Lipinski definition) is 3. The number of rotatable bonds is 2. The highest BCUT2D eigenvalue weighted by molar-refractivity contribution is 9.10. The zero-order valence-corrected chi connectivity index (χ0v) is 17.1. The fourth-order valence-corrected chi connectivity index (χ4v) is 5.01. The van der Waals surface area contributed by atoms with E-state index in [0.29, 0.717) is 22.0 Å². The van der Waals surface area contributed by atoms with Crippen LogP contribution in [0.3, 0.4) is 0 Å². The molecule has 0 unspecified atom stereocenters. The number of nitriles is 1. The molecule has 1 aromatic carbocycles. The lowest BCUT2D eigenvalue weighted by Crippen LogP contribution is -2.26. The SMILES string of the molecule is CC(C)(C)[C@@H]1CCc2c(sc(NC(=O)c3cccc(Br)c3)c2C#N)C1. The number of nitrogens with zero attached hydrogens (tertiary/aromatic N) is 1. The van der Waals surface area contributed by atoms with Crippen molar-refractivity contribution in [1.29, 1.82) is 5.26 Å². The molecule has 25 heavy (non-hydrogen) atoms. The summed E-state index contributed by atoms with van der Waals surface area (Å²) in [5, 5.41) is 13.3. The number of fused-ring (bicyclic) bond motifs is 1. The van der Waals surface area contributed by atoms with Crippen LogP contribution in [0.1, 0.15) is 53.6 Å². The Balaban J connectivity index is 1.88. The van der Waals surface area contributed by atoms with E-state index in [1.807, 2.05) is 12.1 Å². The molecule has 0 saturated heterocycles. The third-order valence-electron chi connectivity index (χ3n) is 4.92. The lowest BCUT2D eigenvalue weighted by molar-refractivity contribution is 0.102. The predicted octanol–water partition coefficient (Wildman–Crippen LogP) is 5.79. The van der Waals surface area contributed by atoms with E-state index in [1.54, 1.807) is 23.5 Å². The van der Waals surface area contributed by atoms with Gasteiger partial charge in [0.15, 0.2) is 0 Å². The number of amides is 1.